The Morgan fingerprint density at radius 1 is 0.923 bits per heavy atom. The van der Waals surface area contributed by atoms with Crippen LogP contribution in [0.5, 0.6) is 5.75 Å². The highest BCUT2D eigenvalue weighted by Crippen LogP contribution is 2.22. The van der Waals surface area contributed by atoms with E-state index >= 15 is 0 Å². The number of rotatable bonds is 6. The van der Waals surface area contributed by atoms with Gasteiger partial charge in [0.05, 0.1) is 6.04 Å². The van der Waals surface area contributed by atoms with Gasteiger partial charge in [-0.25, -0.2) is 4.39 Å². The fourth-order valence-electron chi connectivity index (χ4n) is 2.67. The van der Waals surface area contributed by atoms with Crippen molar-refractivity contribution in [1.29, 1.82) is 0 Å². The standard InChI is InChI=1S/C22H20FNO2/c1-16-11-13-18(14-12-16)22(17-7-3-2-4-8-17)24-21(25)15-26-20-10-6-5-9-19(20)23/h2-14,22H,15H2,1H3,(H,24,25)/t22-/m1/s1. The van der Waals surface area contributed by atoms with Crippen LogP contribution in [0.15, 0.2) is 78.9 Å². The van der Waals surface area contributed by atoms with Crippen molar-refractivity contribution < 1.29 is 13.9 Å². The maximum Gasteiger partial charge on any atom is 0.258 e. The van der Waals surface area contributed by atoms with E-state index in [0.29, 0.717) is 0 Å². The number of nitrogens with one attached hydrogen (secondary N) is 1. The molecule has 0 heterocycles. The Hall–Kier alpha value is -3.14. The predicted octanol–water partition coefficient (Wildman–Crippen LogP) is 4.42. The third-order valence-corrected chi connectivity index (χ3v) is 4.04. The Balaban J connectivity index is 1.74. The van der Waals surface area contributed by atoms with Gasteiger partial charge < -0.3 is 10.1 Å². The largest absolute Gasteiger partial charge is 0.481 e. The minimum absolute atomic E-state index is 0.0641. The molecule has 0 radical (unpaired) electrons. The highest BCUT2D eigenvalue weighted by molar-refractivity contribution is 5.78. The number of benzene rings is 3. The van der Waals surface area contributed by atoms with Crippen molar-refractivity contribution in [3.8, 4) is 5.75 Å². The Labute approximate surface area is 152 Å². The molecule has 4 heteroatoms. The molecule has 3 rings (SSSR count). The van der Waals surface area contributed by atoms with E-state index in [9.17, 15) is 9.18 Å². The number of hydrogen-bond donors (Lipinski definition) is 1. The number of aryl methyl sites for hydroxylation is 1. The van der Waals surface area contributed by atoms with E-state index in [-0.39, 0.29) is 24.3 Å². The topological polar surface area (TPSA) is 38.3 Å². The zero-order valence-corrected chi connectivity index (χ0v) is 14.5. The summed E-state index contributed by atoms with van der Waals surface area (Å²) >= 11 is 0. The van der Waals surface area contributed by atoms with Crippen molar-refractivity contribution in [3.05, 3.63) is 101 Å². The highest BCUT2D eigenvalue weighted by atomic mass is 19.1. The third-order valence-electron chi connectivity index (χ3n) is 4.04. The van der Waals surface area contributed by atoms with Crippen LogP contribution in [-0.2, 0) is 4.79 Å². The smallest absolute Gasteiger partial charge is 0.258 e. The lowest BCUT2D eigenvalue weighted by Crippen LogP contribution is -2.33. The lowest BCUT2D eigenvalue weighted by molar-refractivity contribution is -0.123. The van der Waals surface area contributed by atoms with Gasteiger partial charge in [-0.15, -0.1) is 0 Å². The Morgan fingerprint density at radius 2 is 1.54 bits per heavy atom. The first-order valence-electron chi connectivity index (χ1n) is 8.41. The van der Waals surface area contributed by atoms with E-state index in [4.69, 9.17) is 4.74 Å². The van der Waals surface area contributed by atoms with Gasteiger partial charge >= 0.3 is 0 Å². The number of halogens is 1. The van der Waals surface area contributed by atoms with Crippen LogP contribution in [0.2, 0.25) is 0 Å². The Morgan fingerprint density at radius 3 is 2.23 bits per heavy atom. The van der Waals surface area contributed by atoms with Gasteiger partial charge in [-0.1, -0.05) is 72.3 Å². The molecule has 1 atom stereocenters. The molecule has 1 amide bonds. The van der Waals surface area contributed by atoms with Gasteiger partial charge in [0, 0.05) is 0 Å². The van der Waals surface area contributed by atoms with Crippen LogP contribution in [-0.4, -0.2) is 12.5 Å². The predicted molar refractivity (Wildman–Crippen MR) is 99.5 cm³/mol. The summed E-state index contributed by atoms with van der Waals surface area (Å²) in [5.41, 5.74) is 3.09. The average molecular weight is 349 g/mol. The molecule has 0 spiro atoms. The number of para-hydroxylation sites is 1. The lowest BCUT2D eigenvalue weighted by Gasteiger charge is -2.20. The minimum atomic E-state index is -0.488. The van der Waals surface area contributed by atoms with Crippen LogP contribution in [0.3, 0.4) is 0 Å². The molecule has 26 heavy (non-hydrogen) atoms. The summed E-state index contributed by atoms with van der Waals surface area (Å²) in [6, 6.07) is 23.4. The number of carbonyl (C=O) groups excluding carboxylic acids is 1. The lowest BCUT2D eigenvalue weighted by atomic mass is 9.98. The molecule has 0 bridgehead atoms. The summed E-state index contributed by atoms with van der Waals surface area (Å²) in [4.78, 5) is 12.4. The van der Waals surface area contributed by atoms with Crippen LogP contribution in [0.1, 0.15) is 22.7 Å². The van der Waals surface area contributed by atoms with E-state index in [0.717, 1.165) is 16.7 Å². The summed E-state index contributed by atoms with van der Waals surface area (Å²) in [5.74, 6) is -0.740. The van der Waals surface area contributed by atoms with Crippen molar-refractivity contribution in [1.82, 2.24) is 5.32 Å². The molecule has 1 N–H and O–H groups in total. The second kappa shape index (κ2) is 8.30. The summed E-state index contributed by atoms with van der Waals surface area (Å²) in [6.45, 7) is 1.76. The van der Waals surface area contributed by atoms with Crippen molar-refractivity contribution in [2.24, 2.45) is 0 Å². The average Bonchev–Trinajstić information content (AvgIpc) is 2.67. The van der Waals surface area contributed by atoms with E-state index in [2.05, 4.69) is 5.32 Å². The van der Waals surface area contributed by atoms with Crippen LogP contribution in [0.25, 0.3) is 0 Å². The van der Waals surface area contributed by atoms with E-state index in [1.807, 2.05) is 61.5 Å². The first kappa shape index (κ1) is 17.7. The van der Waals surface area contributed by atoms with Crippen LogP contribution >= 0.6 is 0 Å². The molecule has 0 saturated heterocycles. The summed E-state index contributed by atoms with van der Waals surface area (Å²) in [6.07, 6.45) is 0. The monoisotopic (exact) mass is 349 g/mol. The molecule has 0 aliphatic carbocycles. The van der Waals surface area contributed by atoms with Gasteiger partial charge in [0.2, 0.25) is 0 Å². The zero-order valence-electron chi connectivity index (χ0n) is 14.5. The van der Waals surface area contributed by atoms with Crippen molar-refractivity contribution in [3.63, 3.8) is 0 Å². The van der Waals surface area contributed by atoms with E-state index < -0.39 is 5.82 Å². The Bertz CT molecular complexity index is 863. The molecular formula is C22H20FNO2. The summed E-state index contributed by atoms with van der Waals surface area (Å²) < 4.78 is 18.9. The number of amides is 1. The maximum absolute atomic E-state index is 13.6. The molecule has 0 aliphatic heterocycles. The van der Waals surface area contributed by atoms with Gasteiger partial charge in [0.25, 0.3) is 5.91 Å². The van der Waals surface area contributed by atoms with Crippen molar-refractivity contribution >= 4 is 5.91 Å². The molecule has 3 nitrogen and oxygen atoms in total. The SMILES string of the molecule is Cc1ccc([C@H](NC(=O)COc2ccccc2F)c2ccccc2)cc1. The zero-order chi connectivity index (χ0) is 18.4. The number of ether oxygens (including phenoxy) is 1. The first-order valence-corrected chi connectivity index (χ1v) is 8.41. The molecule has 3 aromatic carbocycles. The molecule has 3 aromatic rings. The molecule has 0 unspecified atom stereocenters. The fourth-order valence-corrected chi connectivity index (χ4v) is 2.67. The molecule has 0 fully saturated rings. The fraction of sp³-hybridized carbons (Fsp3) is 0.136. The highest BCUT2D eigenvalue weighted by Gasteiger charge is 2.17. The number of hydrogen-bond acceptors (Lipinski definition) is 2. The van der Waals surface area contributed by atoms with Gasteiger partial charge in [-0.2, -0.15) is 0 Å². The van der Waals surface area contributed by atoms with E-state index in [1.54, 1.807) is 12.1 Å². The van der Waals surface area contributed by atoms with Crippen molar-refractivity contribution in [2.45, 2.75) is 13.0 Å². The minimum Gasteiger partial charge on any atom is -0.481 e. The Kier molecular flexibility index (Phi) is 5.64. The first-order chi connectivity index (χ1) is 12.6. The van der Waals surface area contributed by atoms with Gasteiger partial charge in [-0.05, 0) is 30.2 Å². The van der Waals surface area contributed by atoms with Crippen LogP contribution in [0, 0.1) is 12.7 Å². The third kappa shape index (κ3) is 4.48. The maximum atomic E-state index is 13.6. The van der Waals surface area contributed by atoms with Gasteiger partial charge in [0.1, 0.15) is 0 Å². The van der Waals surface area contributed by atoms with Crippen molar-refractivity contribution in [2.75, 3.05) is 6.61 Å². The summed E-state index contributed by atoms with van der Waals surface area (Å²) in [5, 5.41) is 2.97. The molecule has 0 saturated carbocycles. The van der Waals surface area contributed by atoms with Crippen LogP contribution < -0.4 is 10.1 Å². The van der Waals surface area contributed by atoms with Gasteiger partial charge in [0.15, 0.2) is 18.2 Å². The normalized spacial score (nSPS) is 11.6. The number of carbonyl (C=O) groups is 1. The second-order valence-corrected chi connectivity index (χ2v) is 6.04. The molecular weight excluding hydrogens is 329 g/mol. The van der Waals surface area contributed by atoms with E-state index in [1.165, 1.54) is 12.1 Å². The van der Waals surface area contributed by atoms with Crippen LogP contribution in [0.4, 0.5) is 4.39 Å². The molecule has 0 aromatic heterocycles. The van der Waals surface area contributed by atoms with Gasteiger partial charge in [-0.3, -0.25) is 4.79 Å². The quantitative estimate of drug-likeness (QED) is 0.715. The molecule has 0 aliphatic rings. The second-order valence-electron chi connectivity index (χ2n) is 6.04. The summed E-state index contributed by atoms with van der Waals surface area (Å²) in [7, 11) is 0. The molecule has 132 valence electrons.